The Labute approximate surface area is 129 Å². The molecule has 7 heteroatoms. The molecular weight excluding hydrogens is 326 g/mol. The normalized spacial score (nSPS) is 11.7. The lowest BCUT2D eigenvalue weighted by atomic mass is 10.2. The lowest BCUT2D eigenvalue weighted by molar-refractivity contribution is 0.601. The van der Waals surface area contributed by atoms with Gasteiger partial charge in [0.25, 0.3) is 14.1 Å². The summed E-state index contributed by atoms with van der Waals surface area (Å²) in [5.41, 5.74) is 1.13. The lowest BCUT2D eigenvalue weighted by Gasteiger charge is -2.10. The fraction of sp³-hybridized carbons (Fsp3) is 0.0714. The molecule has 0 spiro atoms. The monoisotopic (exact) mass is 337 g/mol. The molecule has 0 aliphatic carbocycles. The highest BCUT2D eigenvalue weighted by molar-refractivity contribution is 7.92. The number of rotatable bonds is 3. The SMILES string of the molecule is Cc1cc2sc(=O)sc2cc1S(=O)(=O)Nc1ccccc1. The van der Waals surface area contributed by atoms with Crippen LogP contribution >= 0.6 is 22.7 Å². The molecule has 0 radical (unpaired) electrons. The van der Waals surface area contributed by atoms with E-state index in [9.17, 15) is 13.2 Å². The van der Waals surface area contributed by atoms with E-state index in [1.807, 2.05) is 6.07 Å². The van der Waals surface area contributed by atoms with Crippen LogP contribution in [0.2, 0.25) is 0 Å². The summed E-state index contributed by atoms with van der Waals surface area (Å²) in [7, 11) is -3.67. The maximum absolute atomic E-state index is 12.5. The van der Waals surface area contributed by atoms with Crippen molar-refractivity contribution in [1.29, 1.82) is 0 Å². The van der Waals surface area contributed by atoms with Crippen molar-refractivity contribution >= 4 is 47.8 Å². The van der Waals surface area contributed by atoms with Crippen LogP contribution in [0.5, 0.6) is 0 Å². The van der Waals surface area contributed by atoms with Crippen molar-refractivity contribution in [1.82, 2.24) is 0 Å². The van der Waals surface area contributed by atoms with Crippen LogP contribution in [0.1, 0.15) is 5.56 Å². The summed E-state index contributed by atoms with van der Waals surface area (Å²) < 4.78 is 29.0. The average Bonchev–Trinajstić information content (AvgIpc) is 2.77. The van der Waals surface area contributed by atoms with E-state index in [-0.39, 0.29) is 8.95 Å². The van der Waals surface area contributed by atoms with Crippen LogP contribution in [0.4, 0.5) is 5.69 Å². The Morgan fingerprint density at radius 2 is 1.62 bits per heavy atom. The van der Waals surface area contributed by atoms with Crippen LogP contribution in [0, 0.1) is 6.92 Å². The molecule has 3 aromatic rings. The van der Waals surface area contributed by atoms with Crippen molar-refractivity contribution in [3.8, 4) is 0 Å². The number of aryl methyl sites for hydroxylation is 1. The van der Waals surface area contributed by atoms with Gasteiger partial charge in [0.15, 0.2) is 0 Å². The Hall–Kier alpha value is -1.70. The van der Waals surface area contributed by atoms with Crippen LogP contribution in [0.3, 0.4) is 0 Å². The zero-order valence-corrected chi connectivity index (χ0v) is 13.4. The van der Waals surface area contributed by atoms with Gasteiger partial charge in [-0.25, -0.2) is 8.42 Å². The summed E-state index contributed by atoms with van der Waals surface area (Å²) in [6.45, 7) is 1.73. The second-order valence-corrected chi connectivity index (χ2v) is 8.43. The maximum Gasteiger partial charge on any atom is 0.288 e. The van der Waals surface area contributed by atoms with Crippen molar-refractivity contribution in [2.75, 3.05) is 4.72 Å². The summed E-state index contributed by atoms with van der Waals surface area (Å²) in [6, 6.07) is 12.0. The molecule has 0 saturated carbocycles. The molecule has 21 heavy (non-hydrogen) atoms. The summed E-state index contributed by atoms with van der Waals surface area (Å²) in [4.78, 5) is 11.6. The quantitative estimate of drug-likeness (QED) is 0.796. The first-order valence-corrected chi connectivity index (χ1v) is 9.19. The Kier molecular flexibility index (Phi) is 3.56. The van der Waals surface area contributed by atoms with E-state index in [4.69, 9.17) is 0 Å². The minimum Gasteiger partial charge on any atom is -0.280 e. The second-order valence-electron chi connectivity index (χ2n) is 4.49. The number of anilines is 1. The van der Waals surface area contributed by atoms with Gasteiger partial charge in [-0.1, -0.05) is 40.9 Å². The van der Waals surface area contributed by atoms with E-state index in [0.29, 0.717) is 16.0 Å². The highest BCUT2D eigenvalue weighted by Crippen LogP contribution is 2.28. The molecule has 0 aliphatic rings. The van der Waals surface area contributed by atoms with Gasteiger partial charge >= 0.3 is 0 Å². The molecule has 0 unspecified atom stereocenters. The van der Waals surface area contributed by atoms with E-state index in [0.717, 1.165) is 27.4 Å². The Bertz CT molecular complexity index is 956. The summed E-state index contributed by atoms with van der Waals surface area (Å²) in [6.07, 6.45) is 0. The lowest BCUT2D eigenvalue weighted by Crippen LogP contribution is -2.14. The number of hydrogen-bond donors (Lipinski definition) is 1. The van der Waals surface area contributed by atoms with Crippen LogP contribution in [0.15, 0.2) is 52.2 Å². The molecule has 0 fully saturated rings. The van der Waals surface area contributed by atoms with Gasteiger partial charge in [-0.05, 0) is 36.8 Å². The first-order chi connectivity index (χ1) is 9.95. The molecule has 1 aromatic heterocycles. The maximum atomic E-state index is 12.5. The molecule has 1 N–H and O–H groups in total. The molecule has 0 amide bonds. The van der Waals surface area contributed by atoms with Gasteiger partial charge in [0, 0.05) is 10.4 Å². The zero-order valence-electron chi connectivity index (χ0n) is 11.0. The van der Waals surface area contributed by atoms with Crippen LogP contribution in [-0.4, -0.2) is 8.42 Å². The van der Waals surface area contributed by atoms with Crippen molar-refractivity contribution in [3.05, 3.63) is 56.9 Å². The molecule has 108 valence electrons. The highest BCUT2D eigenvalue weighted by Gasteiger charge is 2.18. The summed E-state index contributed by atoms with van der Waals surface area (Å²) in [5.74, 6) is 0. The van der Waals surface area contributed by atoms with E-state index < -0.39 is 10.0 Å². The Morgan fingerprint density at radius 1 is 1.00 bits per heavy atom. The molecule has 0 saturated heterocycles. The predicted molar refractivity (Wildman–Crippen MR) is 88.0 cm³/mol. The first-order valence-electron chi connectivity index (χ1n) is 6.08. The van der Waals surface area contributed by atoms with E-state index in [1.165, 1.54) is 0 Å². The average molecular weight is 337 g/mol. The van der Waals surface area contributed by atoms with E-state index in [2.05, 4.69) is 4.72 Å². The Morgan fingerprint density at radius 3 is 2.29 bits per heavy atom. The largest absolute Gasteiger partial charge is 0.288 e. The minimum absolute atomic E-state index is 0.0324. The third-order valence-electron chi connectivity index (χ3n) is 2.94. The second kappa shape index (κ2) is 5.25. The number of para-hydroxylation sites is 1. The van der Waals surface area contributed by atoms with Crippen LogP contribution < -0.4 is 8.78 Å². The molecule has 3 rings (SSSR count). The summed E-state index contributed by atoms with van der Waals surface area (Å²) >= 11 is 2.21. The predicted octanol–water partition coefficient (Wildman–Crippen LogP) is 3.43. The van der Waals surface area contributed by atoms with Crippen molar-refractivity contribution in [2.24, 2.45) is 0 Å². The van der Waals surface area contributed by atoms with E-state index in [1.54, 1.807) is 43.3 Å². The topological polar surface area (TPSA) is 63.2 Å². The minimum atomic E-state index is -3.67. The molecular formula is C14H11NO3S3. The number of hydrogen-bond acceptors (Lipinski definition) is 5. The van der Waals surface area contributed by atoms with Gasteiger partial charge in [0.2, 0.25) is 0 Å². The van der Waals surface area contributed by atoms with E-state index >= 15 is 0 Å². The van der Waals surface area contributed by atoms with Crippen LogP contribution in [0.25, 0.3) is 9.40 Å². The van der Waals surface area contributed by atoms with Gasteiger partial charge in [0.05, 0.1) is 9.60 Å². The molecule has 0 aliphatic heterocycles. The van der Waals surface area contributed by atoms with Gasteiger partial charge in [-0.2, -0.15) is 0 Å². The molecule has 0 bridgehead atoms. The van der Waals surface area contributed by atoms with Crippen molar-refractivity contribution < 1.29 is 8.42 Å². The third-order valence-corrected chi connectivity index (χ3v) is 6.54. The molecule has 4 nitrogen and oxygen atoms in total. The smallest absolute Gasteiger partial charge is 0.280 e. The first kappa shape index (κ1) is 14.2. The van der Waals surface area contributed by atoms with Gasteiger partial charge < -0.3 is 0 Å². The fourth-order valence-corrected chi connectivity index (χ4v) is 5.44. The standard InChI is InChI=1S/C14H11NO3S3/c1-9-7-11-12(20-14(16)19-11)8-13(9)21(17,18)15-10-5-3-2-4-6-10/h2-8,15H,1H3. The molecule has 2 aromatic carbocycles. The number of benzene rings is 2. The van der Waals surface area contributed by atoms with Gasteiger partial charge in [-0.3, -0.25) is 9.52 Å². The molecule has 0 atom stereocenters. The van der Waals surface area contributed by atoms with Gasteiger partial charge in [-0.15, -0.1) is 0 Å². The number of fused-ring (bicyclic) bond motifs is 1. The highest BCUT2D eigenvalue weighted by atomic mass is 32.2. The Balaban J connectivity index is 2.10. The number of sulfonamides is 1. The third kappa shape index (κ3) is 2.85. The zero-order chi connectivity index (χ0) is 15.0. The fourth-order valence-electron chi connectivity index (χ4n) is 2.01. The van der Waals surface area contributed by atoms with Gasteiger partial charge in [0.1, 0.15) is 0 Å². The van der Waals surface area contributed by atoms with Crippen molar-refractivity contribution in [2.45, 2.75) is 11.8 Å². The van der Waals surface area contributed by atoms with Crippen LogP contribution in [-0.2, 0) is 10.0 Å². The van der Waals surface area contributed by atoms with Crippen molar-refractivity contribution in [3.63, 3.8) is 0 Å². The molecule has 1 heterocycles. The number of nitrogens with one attached hydrogen (secondary N) is 1. The summed E-state index contributed by atoms with van der Waals surface area (Å²) in [5, 5.41) is 0.